The molecule has 0 aliphatic carbocycles. The van der Waals surface area contributed by atoms with Gasteiger partial charge in [-0.25, -0.2) is 0 Å². The number of piperidine rings is 1. The normalized spacial score (nSPS) is 15.2. The molecule has 0 radical (unpaired) electrons. The van der Waals surface area contributed by atoms with Crippen molar-refractivity contribution in [2.75, 3.05) is 26.8 Å². The van der Waals surface area contributed by atoms with Crippen molar-refractivity contribution in [3.63, 3.8) is 0 Å². The second kappa shape index (κ2) is 8.57. The average molecular weight is 334 g/mol. The Kier molecular flexibility index (Phi) is 6.46. The van der Waals surface area contributed by atoms with Gasteiger partial charge >= 0.3 is 0 Å². The smallest absolute Gasteiger partial charge is 0.260 e. The number of carbonyl (C=O) groups is 2. The molecule has 0 aromatic heterocycles. The molecule has 1 N–H and O–H groups in total. The first-order valence-corrected chi connectivity index (χ1v) is 8.35. The lowest BCUT2D eigenvalue weighted by atomic mass is 9.95. The summed E-state index contributed by atoms with van der Waals surface area (Å²) in [4.78, 5) is 26.1. The molecular formula is C18H26N2O4. The van der Waals surface area contributed by atoms with Crippen molar-refractivity contribution in [1.82, 2.24) is 10.2 Å². The lowest BCUT2D eigenvalue weighted by Gasteiger charge is -2.31. The van der Waals surface area contributed by atoms with Crippen LogP contribution < -0.4 is 14.8 Å². The van der Waals surface area contributed by atoms with E-state index in [0.717, 1.165) is 0 Å². The zero-order chi connectivity index (χ0) is 17.5. The van der Waals surface area contributed by atoms with E-state index in [-0.39, 0.29) is 30.4 Å². The topological polar surface area (TPSA) is 67.9 Å². The van der Waals surface area contributed by atoms with E-state index < -0.39 is 0 Å². The number of nitrogens with one attached hydrogen (secondary N) is 1. The minimum Gasteiger partial charge on any atom is -0.493 e. The minimum absolute atomic E-state index is 0.00779. The average Bonchev–Trinajstić information content (AvgIpc) is 2.59. The molecule has 1 fully saturated rings. The maximum absolute atomic E-state index is 12.3. The van der Waals surface area contributed by atoms with Crippen LogP contribution in [0.1, 0.15) is 26.7 Å². The summed E-state index contributed by atoms with van der Waals surface area (Å²) in [5.41, 5.74) is 0. The van der Waals surface area contributed by atoms with E-state index >= 15 is 0 Å². The molecule has 0 spiro atoms. The van der Waals surface area contributed by atoms with Crippen molar-refractivity contribution in [2.24, 2.45) is 5.92 Å². The summed E-state index contributed by atoms with van der Waals surface area (Å²) >= 11 is 0. The molecule has 1 saturated heterocycles. The van der Waals surface area contributed by atoms with Gasteiger partial charge in [0, 0.05) is 25.0 Å². The number of hydrogen-bond donors (Lipinski definition) is 1. The third kappa shape index (κ3) is 4.88. The zero-order valence-electron chi connectivity index (χ0n) is 14.6. The second-order valence-electron chi connectivity index (χ2n) is 6.26. The summed E-state index contributed by atoms with van der Waals surface area (Å²) in [5, 5.41) is 2.93. The van der Waals surface area contributed by atoms with Crippen molar-refractivity contribution in [1.29, 1.82) is 0 Å². The molecule has 1 heterocycles. The number of ether oxygens (including phenoxy) is 2. The lowest BCUT2D eigenvalue weighted by molar-refractivity contribution is -0.137. The van der Waals surface area contributed by atoms with Crippen LogP contribution in [-0.4, -0.2) is 49.6 Å². The molecule has 0 unspecified atom stereocenters. The van der Waals surface area contributed by atoms with Gasteiger partial charge in [-0.1, -0.05) is 12.1 Å². The van der Waals surface area contributed by atoms with Gasteiger partial charge in [0.15, 0.2) is 18.1 Å². The second-order valence-corrected chi connectivity index (χ2v) is 6.26. The third-order valence-electron chi connectivity index (χ3n) is 4.07. The van der Waals surface area contributed by atoms with Crippen LogP contribution in [0.5, 0.6) is 11.5 Å². The molecule has 0 saturated carbocycles. The summed E-state index contributed by atoms with van der Waals surface area (Å²) in [6.45, 7) is 5.05. The van der Waals surface area contributed by atoms with Crippen molar-refractivity contribution >= 4 is 11.8 Å². The highest BCUT2D eigenvalue weighted by molar-refractivity contribution is 5.80. The third-order valence-corrected chi connectivity index (χ3v) is 4.07. The van der Waals surface area contributed by atoms with E-state index in [1.807, 2.05) is 26.0 Å². The molecule has 1 aromatic carbocycles. The van der Waals surface area contributed by atoms with E-state index in [4.69, 9.17) is 9.47 Å². The van der Waals surface area contributed by atoms with Gasteiger partial charge in [-0.2, -0.15) is 0 Å². The first kappa shape index (κ1) is 18.1. The maximum Gasteiger partial charge on any atom is 0.260 e. The monoisotopic (exact) mass is 334 g/mol. The predicted octanol–water partition coefficient (Wildman–Crippen LogP) is 1.84. The van der Waals surface area contributed by atoms with Crippen molar-refractivity contribution < 1.29 is 19.1 Å². The van der Waals surface area contributed by atoms with Gasteiger partial charge < -0.3 is 19.7 Å². The highest BCUT2D eigenvalue weighted by Crippen LogP contribution is 2.26. The number of amides is 2. The van der Waals surface area contributed by atoms with Gasteiger partial charge in [0.25, 0.3) is 5.91 Å². The fourth-order valence-electron chi connectivity index (χ4n) is 2.76. The standard InChI is InChI=1S/C18H26N2O4/c1-13(2)19-18(22)14-8-10-20(11-9-14)17(21)12-24-16-7-5-4-6-15(16)23-3/h4-7,13-14H,8-12H2,1-3H3,(H,19,22). The van der Waals surface area contributed by atoms with Gasteiger partial charge in [-0.15, -0.1) is 0 Å². The molecule has 0 atom stereocenters. The van der Waals surface area contributed by atoms with Crippen LogP contribution in [0, 0.1) is 5.92 Å². The minimum atomic E-state index is -0.0661. The number of carbonyl (C=O) groups excluding carboxylic acids is 2. The lowest BCUT2D eigenvalue weighted by Crippen LogP contribution is -2.45. The van der Waals surface area contributed by atoms with Gasteiger partial charge in [-0.05, 0) is 38.8 Å². The van der Waals surface area contributed by atoms with Crippen LogP contribution in [0.3, 0.4) is 0 Å². The molecule has 24 heavy (non-hydrogen) atoms. The van der Waals surface area contributed by atoms with Gasteiger partial charge in [0.2, 0.25) is 5.91 Å². The molecule has 1 aliphatic heterocycles. The van der Waals surface area contributed by atoms with Crippen molar-refractivity contribution in [3.8, 4) is 11.5 Å². The summed E-state index contributed by atoms with van der Waals surface area (Å²) in [6.07, 6.45) is 1.39. The summed E-state index contributed by atoms with van der Waals surface area (Å²) in [6, 6.07) is 7.39. The van der Waals surface area contributed by atoms with Gasteiger partial charge in [-0.3, -0.25) is 9.59 Å². The summed E-state index contributed by atoms with van der Waals surface area (Å²) in [7, 11) is 1.57. The highest BCUT2D eigenvalue weighted by atomic mass is 16.5. The molecular weight excluding hydrogens is 308 g/mol. The van der Waals surface area contributed by atoms with Crippen LogP contribution in [-0.2, 0) is 9.59 Å². The number of likely N-dealkylation sites (tertiary alicyclic amines) is 1. The molecule has 132 valence electrons. The Morgan fingerprint density at radius 1 is 1.21 bits per heavy atom. The molecule has 2 rings (SSSR count). The van der Waals surface area contributed by atoms with E-state index in [2.05, 4.69) is 5.32 Å². The summed E-state index contributed by atoms with van der Waals surface area (Å²) < 4.78 is 10.8. The Labute approximate surface area is 143 Å². The molecule has 1 aromatic rings. The Morgan fingerprint density at radius 2 is 1.83 bits per heavy atom. The fraction of sp³-hybridized carbons (Fsp3) is 0.556. The van der Waals surface area contributed by atoms with E-state index in [1.165, 1.54) is 0 Å². The molecule has 2 amide bonds. The zero-order valence-corrected chi connectivity index (χ0v) is 14.6. The van der Waals surface area contributed by atoms with Gasteiger partial charge in [0.1, 0.15) is 0 Å². The van der Waals surface area contributed by atoms with E-state index in [9.17, 15) is 9.59 Å². The number of nitrogens with zero attached hydrogens (tertiary/aromatic N) is 1. The number of methoxy groups -OCH3 is 1. The Balaban J connectivity index is 1.79. The Morgan fingerprint density at radius 3 is 2.42 bits per heavy atom. The largest absolute Gasteiger partial charge is 0.493 e. The molecule has 6 nitrogen and oxygen atoms in total. The Hall–Kier alpha value is -2.24. The molecule has 0 bridgehead atoms. The Bertz CT molecular complexity index is 566. The quantitative estimate of drug-likeness (QED) is 0.862. The van der Waals surface area contributed by atoms with E-state index in [1.54, 1.807) is 24.1 Å². The first-order chi connectivity index (χ1) is 11.5. The number of rotatable bonds is 6. The molecule has 6 heteroatoms. The maximum atomic E-state index is 12.3. The first-order valence-electron chi connectivity index (χ1n) is 8.35. The SMILES string of the molecule is COc1ccccc1OCC(=O)N1CCC(C(=O)NC(C)C)CC1. The molecule has 1 aliphatic rings. The van der Waals surface area contributed by atoms with Crippen LogP contribution in [0.2, 0.25) is 0 Å². The number of benzene rings is 1. The van der Waals surface area contributed by atoms with Crippen LogP contribution >= 0.6 is 0 Å². The number of para-hydroxylation sites is 2. The highest BCUT2D eigenvalue weighted by Gasteiger charge is 2.27. The van der Waals surface area contributed by atoms with Crippen molar-refractivity contribution in [3.05, 3.63) is 24.3 Å². The summed E-state index contributed by atoms with van der Waals surface area (Å²) in [5.74, 6) is 1.17. The van der Waals surface area contributed by atoms with Gasteiger partial charge in [0.05, 0.1) is 7.11 Å². The fourth-order valence-corrected chi connectivity index (χ4v) is 2.76. The van der Waals surface area contributed by atoms with Crippen LogP contribution in [0.4, 0.5) is 0 Å². The predicted molar refractivity (Wildman–Crippen MR) is 91.1 cm³/mol. The van der Waals surface area contributed by atoms with Crippen LogP contribution in [0.15, 0.2) is 24.3 Å². The van der Waals surface area contributed by atoms with E-state index in [0.29, 0.717) is 37.4 Å². The number of hydrogen-bond acceptors (Lipinski definition) is 4. The van der Waals surface area contributed by atoms with Crippen molar-refractivity contribution in [2.45, 2.75) is 32.7 Å². The van der Waals surface area contributed by atoms with Crippen LogP contribution in [0.25, 0.3) is 0 Å².